The van der Waals surface area contributed by atoms with Crippen LogP contribution >= 0.6 is 0 Å². The van der Waals surface area contributed by atoms with Crippen LogP contribution in [0.5, 0.6) is 23.0 Å². The van der Waals surface area contributed by atoms with Gasteiger partial charge in [-0.15, -0.1) is 0 Å². The first-order valence-electron chi connectivity index (χ1n) is 15.9. The molecule has 1 atom stereocenters. The van der Waals surface area contributed by atoms with Gasteiger partial charge in [-0.2, -0.15) is 0 Å². The summed E-state index contributed by atoms with van der Waals surface area (Å²) in [5.41, 5.74) is 1.02. The lowest BCUT2D eigenvalue weighted by atomic mass is 10.1. The highest BCUT2D eigenvalue weighted by Gasteiger charge is 2.35. The lowest BCUT2D eigenvalue weighted by Crippen LogP contribution is -2.53. The van der Waals surface area contributed by atoms with Gasteiger partial charge in [0.25, 0.3) is 10.0 Å². The molecule has 1 aliphatic rings. The molecule has 1 aliphatic carbocycles. The molecule has 4 rings (SSSR count). The topological polar surface area (TPSA) is 124 Å². The van der Waals surface area contributed by atoms with Crippen LogP contribution in [-0.2, 0) is 26.2 Å². The molecule has 0 heterocycles. The molecule has 1 saturated carbocycles. The van der Waals surface area contributed by atoms with E-state index in [0.29, 0.717) is 30.3 Å². The van der Waals surface area contributed by atoms with Crippen molar-refractivity contribution >= 4 is 27.5 Å². The van der Waals surface area contributed by atoms with Gasteiger partial charge in [0.15, 0.2) is 11.5 Å². The molecule has 254 valence electrons. The molecule has 1 fully saturated rings. The van der Waals surface area contributed by atoms with Crippen molar-refractivity contribution in [2.75, 3.05) is 38.8 Å². The number of ether oxygens (including phenoxy) is 4. The average molecular weight is 668 g/mol. The van der Waals surface area contributed by atoms with Gasteiger partial charge in [0, 0.05) is 18.7 Å². The van der Waals surface area contributed by atoms with Gasteiger partial charge in [0.05, 0.1) is 38.5 Å². The van der Waals surface area contributed by atoms with E-state index >= 15 is 0 Å². The Morgan fingerprint density at radius 2 is 1.49 bits per heavy atom. The van der Waals surface area contributed by atoms with Crippen molar-refractivity contribution in [2.45, 2.75) is 69.5 Å². The summed E-state index contributed by atoms with van der Waals surface area (Å²) in [4.78, 5) is 29.5. The fraction of sp³-hybridized carbons (Fsp3) is 0.429. The smallest absolute Gasteiger partial charge is 0.264 e. The van der Waals surface area contributed by atoms with Crippen molar-refractivity contribution in [3.8, 4) is 23.0 Å². The van der Waals surface area contributed by atoms with Crippen LogP contribution in [0.3, 0.4) is 0 Å². The first kappa shape index (κ1) is 35.4. The minimum Gasteiger partial charge on any atom is -0.497 e. The zero-order valence-corrected chi connectivity index (χ0v) is 28.5. The number of hydrogen-bond donors (Lipinski definition) is 1. The van der Waals surface area contributed by atoms with Gasteiger partial charge >= 0.3 is 0 Å². The average Bonchev–Trinajstić information content (AvgIpc) is 3.60. The summed E-state index contributed by atoms with van der Waals surface area (Å²) >= 11 is 0. The number of benzene rings is 3. The molecule has 12 heteroatoms. The monoisotopic (exact) mass is 667 g/mol. The van der Waals surface area contributed by atoms with E-state index in [2.05, 4.69) is 5.32 Å². The predicted molar refractivity (Wildman–Crippen MR) is 180 cm³/mol. The number of methoxy groups -OCH3 is 3. The zero-order chi connectivity index (χ0) is 34.0. The number of amides is 2. The van der Waals surface area contributed by atoms with Crippen LogP contribution < -0.4 is 28.6 Å². The van der Waals surface area contributed by atoms with Crippen molar-refractivity contribution < 1.29 is 37.0 Å². The summed E-state index contributed by atoms with van der Waals surface area (Å²) in [6, 6.07) is 17.2. The fourth-order valence-electron chi connectivity index (χ4n) is 5.72. The molecule has 11 nitrogen and oxygen atoms in total. The van der Waals surface area contributed by atoms with Crippen molar-refractivity contribution in [3.63, 3.8) is 0 Å². The number of carbonyl (C=O) groups excluding carboxylic acids is 2. The number of rotatable bonds is 16. The van der Waals surface area contributed by atoms with Crippen molar-refractivity contribution in [1.82, 2.24) is 10.2 Å². The van der Waals surface area contributed by atoms with E-state index in [9.17, 15) is 18.0 Å². The third-order valence-corrected chi connectivity index (χ3v) is 10.0. The molecule has 1 N–H and O–H groups in total. The van der Waals surface area contributed by atoms with Gasteiger partial charge in [-0.05, 0) is 80.3 Å². The summed E-state index contributed by atoms with van der Waals surface area (Å²) < 4.78 is 51.3. The van der Waals surface area contributed by atoms with E-state index < -0.39 is 28.5 Å². The maximum atomic E-state index is 14.4. The van der Waals surface area contributed by atoms with E-state index in [4.69, 9.17) is 18.9 Å². The highest BCUT2D eigenvalue weighted by molar-refractivity contribution is 7.92. The Balaban J connectivity index is 1.75. The van der Waals surface area contributed by atoms with Crippen LogP contribution in [0, 0.1) is 0 Å². The normalized spacial score (nSPS) is 13.8. The van der Waals surface area contributed by atoms with E-state index in [1.54, 1.807) is 43.5 Å². The summed E-state index contributed by atoms with van der Waals surface area (Å²) in [5.74, 6) is 1.01. The molecule has 0 aromatic heterocycles. The van der Waals surface area contributed by atoms with Crippen LogP contribution in [0.15, 0.2) is 71.6 Å². The molecule has 0 saturated heterocycles. The Morgan fingerprint density at radius 3 is 2.06 bits per heavy atom. The van der Waals surface area contributed by atoms with Crippen LogP contribution in [0.4, 0.5) is 5.69 Å². The number of hydrogen-bond acceptors (Lipinski definition) is 8. The van der Waals surface area contributed by atoms with E-state index in [-0.39, 0.29) is 34.8 Å². The summed E-state index contributed by atoms with van der Waals surface area (Å²) in [5, 5.41) is 3.13. The zero-order valence-electron chi connectivity index (χ0n) is 27.7. The second-order valence-corrected chi connectivity index (χ2v) is 13.1. The minimum atomic E-state index is -4.33. The second kappa shape index (κ2) is 16.4. The highest BCUT2D eigenvalue weighted by Crippen LogP contribution is 2.33. The maximum Gasteiger partial charge on any atom is 0.264 e. The molecule has 2 amide bonds. The Morgan fingerprint density at radius 1 is 0.851 bits per heavy atom. The van der Waals surface area contributed by atoms with Gasteiger partial charge in [-0.1, -0.05) is 31.9 Å². The molecular formula is C35H45N3O8S. The molecule has 0 unspecified atom stereocenters. The Kier molecular flexibility index (Phi) is 12.4. The third-order valence-electron chi connectivity index (χ3n) is 8.26. The molecule has 0 spiro atoms. The minimum absolute atomic E-state index is 0.0558. The standard InChI is InChI=1S/C35H45N3O8S/c1-6-31(35(40)36-26-10-8-9-11-26)37(23-25-12-16-28(43-3)17-13-25)34(39)24-38(27-14-18-29(19-15-27)46-7-2)47(41,42)30-20-21-32(44-4)33(22-30)45-5/h12-22,26,31H,6-11,23-24H2,1-5H3,(H,36,40)/t31-/m1/s1. The van der Waals surface area contributed by atoms with E-state index in [0.717, 1.165) is 35.6 Å². The van der Waals surface area contributed by atoms with E-state index in [1.807, 2.05) is 26.0 Å². The van der Waals surface area contributed by atoms with E-state index in [1.165, 1.54) is 37.3 Å². The van der Waals surface area contributed by atoms with Gasteiger partial charge in [0.2, 0.25) is 11.8 Å². The largest absolute Gasteiger partial charge is 0.497 e. The molecule has 0 bridgehead atoms. The molecule has 3 aromatic carbocycles. The van der Waals surface area contributed by atoms with Gasteiger partial charge < -0.3 is 29.2 Å². The van der Waals surface area contributed by atoms with Crippen molar-refractivity contribution in [3.05, 3.63) is 72.3 Å². The molecule has 0 radical (unpaired) electrons. The number of carbonyl (C=O) groups is 2. The predicted octanol–water partition coefficient (Wildman–Crippen LogP) is 5.17. The fourth-order valence-corrected chi connectivity index (χ4v) is 7.15. The second-order valence-electron chi connectivity index (χ2n) is 11.2. The van der Waals surface area contributed by atoms with Crippen LogP contribution in [-0.4, -0.2) is 71.7 Å². The van der Waals surface area contributed by atoms with Crippen LogP contribution in [0.25, 0.3) is 0 Å². The molecule has 0 aliphatic heterocycles. The summed E-state index contributed by atoms with van der Waals surface area (Å²) in [6.45, 7) is 3.66. The summed E-state index contributed by atoms with van der Waals surface area (Å²) in [7, 11) is 0.120. The SMILES string of the molecule is CCOc1ccc(N(CC(=O)N(Cc2ccc(OC)cc2)[C@H](CC)C(=O)NC2CCCC2)S(=O)(=O)c2ccc(OC)c(OC)c2)cc1. The van der Waals surface area contributed by atoms with Crippen LogP contribution in [0.1, 0.15) is 51.5 Å². The number of sulfonamides is 1. The Labute approximate surface area is 277 Å². The molecular weight excluding hydrogens is 622 g/mol. The first-order valence-corrected chi connectivity index (χ1v) is 17.3. The summed E-state index contributed by atoms with van der Waals surface area (Å²) in [6.07, 6.45) is 4.21. The van der Waals surface area contributed by atoms with Gasteiger partial charge in [0.1, 0.15) is 24.1 Å². The number of anilines is 1. The number of nitrogens with zero attached hydrogens (tertiary/aromatic N) is 2. The molecule has 47 heavy (non-hydrogen) atoms. The first-order chi connectivity index (χ1) is 22.6. The van der Waals surface area contributed by atoms with Gasteiger partial charge in [-0.3, -0.25) is 13.9 Å². The van der Waals surface area contributed by atoms with Gasteiger partial charge in [-0.25, -0.2) is 8.42 Å². The van der Waals surface area contributed by atoms with Crippen molar-refractivity contribution in [1.29, 1.82) is 0 Å². The Hall–Kier alpha value is -4.45. The van der Waals surface area contributed by atoms with Crippen molar-refractivity contribution in [2.24, 2.45) is 0 Å². The Bertz CT molecular complexity index is 1590. The number of nitrogens with one attached hydrogen (secondary N) is 1. The maximum absolute atomic E-state index is 14.4. The quantitative estimate of drug-likeness (QED) is 0.222. The molecule has 3 aromatic rings. The lowest BCUT2D eigenvalue weighted by Gasteiger charge is -2.34. The third kappa shape index (κ3) is 8.68. The highest BCUT2D eigenvalue weighted by atomic mass is 32.2. The lowest BCUT2D eigenvalue weighted by molar-refractivity contribution is -0.140. The van der Waals surface area contributed by atoms with Crippen LogP contribution in [0.2, 0.25) is 0 Å².